The number of H-pyrrole nitrogens is 1. The second-order valence-electron chi connectivity index (χ2n) is 5.94. The highest BCUT2D eigenvalue weighted by molar-refractivity contribution is 5.72. The van der Waals surface area contributed by atoms with Gasteiger partial charge in [0, 0.05) is 0 Å². The summed E-state index contributed by atoms with van der Waals surface area (Å²) in [6, 6.07) is 7.72. The van der Waals surface area contributed by atoms with E-state index in [4.69, 9.17) is 9.47 Å². The van der Waals surface area contributed by atoms with Crippen molar-refractivity contribution < 1.29 is 9.47 Å². The van der Waals surface area contributed by atoms with E-state index in [0.717, 1.165) is 16.8 Å². The van der Waals surface area contributed by atoms with E-state index in [1.54, 1.807) is 17.1 Å². The lowest BCUT2D eigenvalue weighted by molar-refractivity contribution is 0.273. The van der Waals surface area contributed by atoms with Gasteiger partial charge in [0.05, 0.1) is 5.69 Å². The van der Waals surface area contributed by atoms with Crippen LogP contribution in [0.3, 0.4) is 0 Å². The number of aromatic nitrogens is 5. The number of nitrogens with one attached hydrogen (secondary N) is 1. The summed E-state index contributed by atoms with van der Waals surface area (Å²) in [7, 11) is 0. The van der Waals surface area contributed by atoms with Crippen LogP contribution < -0.4 is 15.0 Å². The molecule has 8 nitrogen and oxygen atoms in total. The first kappa shape index (κ1) is 16.8. The van der Waals surface area contributed by atoms with Crippen molar-refractivity contribution in [2.75, 3.05) is 0 Å². The molecule has 3 heterocycles. The van der Waals surface area contributed by atoms with Crippen molar-refractivity contribution in [1.82, 2.24) is 24.7 Å². The summed E-state index contributed by atoms with van der Waals surface area (Å²) in [5.41, 5.74) is 2.78. The maximum Gasteiger partial charge on any atom is 0.300 e. The van der Waals surface area contributed by atoms with Crippen LogP contribution in [0.4, 0.5) is 0 Å². The Labute approximate surface area is 154 Å². The number of rotatable bonds is 5. The van der Waals surface area contributed by atoms with E-state index in [0.29, 0.717) is 17.7 Å². The minimum Gasteiger partial charge on any atom is -0.460 e. The first-order valence-electron chi connectivity index (χ1n) is 8.43. The fourth-order valence-electron chi connectivity index (χ4n) is 2.80. The van der Waals surface area contributed by atoms with Crippen molar-refractivity contribution in [3.8, 4) is 17.6 Å². The van der Waals surface area contributed by atoms with Gasteiger partial charge >= 0.3 is 0 Å². The molecule has 3 aromatic rings. The Morgan fingerprint density at radius 1 is 1.30 bits per heavy atom. The third-order valence-electron chi connectivity index (χ3n) is 4.12. The van der Waals surface area contributed by atoms with Crippen LogP contribution in [0.5, 0.6) is 11.9 Å². The topological polar surface area (TPSA) is 94.9 Å². The van der Waals surface area contributed by atoms with Crippen molar-refractivity contribution in [2.45, 2.75) is 20.0 Å². The highest BCUT2D eigenvalue weighted by Gasteiger charge is 2.21. The lowest BCUT2D eigenvalue weighted by atomic mass is 10.0. The molecule has 136 valence electrons. The Bertz CT molecular complexity index is 1070. The highest BCUT2D eigenvalue weighted by atomic mass is 16.5. The highest BCUT2D eigenvalue weighted by Crippen LogP contribution is 2.31. The van der Waals surface area contributed by atoms with E-state index in [9.17, 15) is 4.79 Å². The lowest BCUT2D eigenvalue weighted by Gasteiger charge is -2.17. The fourth-order valence-corrected chi connectivity index (χ4v) is 2.80. The Morgan fingerprint density at radius 2 is 2.11 bits per heavy atom. The number of aromatic amines is 1. The van der Waals surface area contributed by atoms with Crippen LogP contribution >= 0.6 is 0 Å². The molecule has 0 radical (unpaired) electrons. The Balaban J connectivity index is 1.52. The number of ether oxygens (including phenoxy) is 2. The summed E-state index contributed by atoms with van der Waals surface area (Å²) in [6.45, 7) is 6.00. The first-order chi connectivity index (χ1) is 13.1. The first-order valence-corrected chi connectivity index (χ1v) is 8.43. The van der Waals surface area contributed by atoms with Gasteiger partial charge < -0.3 is 9.47 Å². The Kier molecular flexibility index (Phi) is 4.29. The number of benzene rings is 1. The van der Waals surface area contributed by atoms with Gasteiger partial charge in [0.15, 0.2) is 0 Å². The smallest absolute Gasteiger partial charge is 0.300 e. The van der Waals surface area contributed by atoms with Gasteiger partial charge in [0.1, 0.15) is 30.6 Å². The molecule has 0 saturated heterocycles. The zero-order chi connectivity index (χ0) is 18.8. The molecule has 8 heteroatoms. The summed E-state index contributed by atoms with van der Waals surface area (Å²) < 4.78 is 12.8. The van der Waals surface area contributed by atoms with Gasteiger partial charge in [0.25, 0.3) is 11.6 Å². The van der Waals surface area contributed by atoms with Crippen LogP contribution in [0.15, 0.2) is 60.1 Å². The van der Waals surface area contributed by atoms with Crippen molar-refractivity contribution >= 4 is 5.57 Å². The number of nitrogens with zero attached hydrogens (tertiary/aromatic N) is 4. The summed E-state index contributed by atoms with van der Waals surface area (Å²) in [5.74, 6) is 0.673. The molecule has 1 aliphatic heterocycles. The maximum absolute atomic E-state index is 12.4. The summed E-state index contributed by atoms with van der Waals surface area (Å²) >= 11 is 0. The van der Waals surface area contributed by atoms with Crippen molar-refractivity contribution in [3.05, 3.63) is 76.8 Å². The molecule has 2 aromatic heterocycles. The van der Waals surface area contributed by atoms with Crippen LogP contribution in [0.1, 0.15) is 24.5 Å². The summed E-state index contributed by atoms with van der Waals surface area (Å²) in [4.78, 5) is 23.3. The predicted octanol–water partition coefficient (Wildman–Crippen LogP) is 2.63. The largest absolute Gasteiger partial charge is 0.460 e. The number of hydrogen-bond donors (Lipinski definition) is 1. The predicted molar refractivity (Wildman–Crippen MR) is 98.6 cm³/mol. The molecule has 0 saturated carbocycles. The summed E-state index contributed by atoms with van der Waals surface area (Å²) in [6.07, 6.45) is 5.53. The zero-order valence-electron chi connectivity index (χ0n) is 14.7. The molecule has 0 amide bonds. The number of hydrogen-bond acceptors (Lipinski definition) is 6. The van der Waals surface area contributed by atoms with Crippen LogP contribution in [-0.2, 0) is 6.61 Å². The fraction of sp³-hybridized carbons (Fsp3) is 0.158. The van der Waals surface area contributed by atoms with E-state index >= 15 is 0 Å². The molecule has 0 unspecified atom stereocenters. The van der Waals surface area contributed by atoms with Crippen molar-refractivity contribution in [3.63, 3.8) is 0 Å². The average Bonchev–Trinajstić information content (AvgIpc) is 3.20. The van der Waals surface area contributed by atoms with Crippen LogP contribution in [0.2, 0.25) is 0 Å². The van der Waals surface area contributed by atoms with E-state index in [2.05, 4.69) is 26.6 Å². The molecule has 0 aliphatic carbocycles. The third kappa shape index (κ3) is 3.37. The van der Waals surface area contributed by atoms with E-state index in [-0.39, 0.29) is 24.1 Å². The average molecular weight is 363 g/mol. The molecule has 27 heavy (non-hydrogen) atoms. The molecule has 4 rings (SSSR count). The van der Waals surface area contributed by atoms with Gasteiger partial charge in [-0.2, -0.15) is 10.1 Å². The van der Waals surface area contributed by atoms with Crippen LogP contribution in [-0.4, -0.2) is 24.7 Å². The second kappa shape index (κ2) is 6.91. The second-order valence-corrected chi connectivity index (χ2v) is 5.94. The molecular weight excluding hydrogens is 346 g/mol. The molecule has 0 bridgehead atoms. The normalized spacial score (nSPS) is 12.9. The summed E-state index contributed by atoms with van der Waals surface area (Å²) in [5, 5.41) is 4.08. The molecule has 0 fully saturated rings. The van der Waals surface area contributed by atoms with Crippen LogP contribution in [0, 0.1) is 0 Å². The van der Waals surface area contributed by atoms with Gasteiger partial charge in [-0.3, -0.25) is 9.78 Å². The SMILES string of the molecule is C=C1C=C(CC)c2c(nc(OCc3ccc(-n4cncn4)cc3)[nH]c2=O)O1. The minimum atomic E-state index is -0.294. The van der Waals surface area contributed by atoms with Gasteiger partial charge in [-0.05, 0) is 35.8 Å². The molecular formula is C19H17N5O3. The van der Waals surface area contributed by atoms with E-state index < -0.39 is 0 Å². The van der Waals surface area contributed by atoms with Gasteiger partial charge in [-0.15, -0.1) is 0 Å². The van der Waals surface area contributed by atoms with Gasteiger partial charge in [-0.1, -0.05) is 25.6 Å². The lowest BCUT2D eigenvalue weighted by Crippen LogP contribution is -2.19. The monoisotopic (exact) mass is 363 g/mol. The van der Waals surface area contributed by atoms with Crippen molar-refractivity contribution in [2.24, 2.45) is 0 Å². The third-order valence-corrected chi connectivity index (χ3v) is 4.12. The molecule has 1 aromatic carbocycles. The Morgan fingerprint density at radius 3 is 2.81 bits per heavy atom. The molecule has 1 aliphatic rings. The van der Waals surface area contributed by atoms with Gasteiger partial charge in [-0.25, -0.2) is 9.67 Å². The quantitative estimate of drug-likeness (QED) is 0.749. The zero-order valence-corrected chi connectivity index (χ0v) is 14.7. The van der Waals surface area contributed by atoms with Crippen molar-refractivity contribution in [1.29, 1.82) is 0 Å². The number of allylic oxidation sites excluding steroid dienone is 2. The maximum atomic E-state index is 12.4. The standard InChI is InChI=1S/C19H17N5O3/c1-3-14-8-12(2)27-18-16(14)17(25)22-19(23-18)26-9-13-4-6-15(7-5-13)24-11-20-10-21-24/h4-8,10-11H,2-3,9H2,1H3,(H,22,23,25). The minimum absolute atomic E-state index is 0.101. The molecule has 1 N–H and O–H groups in total. The Hall–Kier alpha value is -3.68. The van der Waals surface area contributed by atoms with E-state index in [1.165, 1.54) is 6.33 Å². The van der Waals surface area contributed by atoms with E-state index in [1.807, 2.05) is 31.2 Å². The van der Waals surface area contributed by atoms with Gasteiger partial charge in [0.2, 0.25) is 5.88 Å². The molecule has 0 spiro atoms. The number of fused-ring (bicyclic) bond motifs is 1. The molecule has 0 atom stereocenters. The van der Waals surface area contributed by atoms with Crippen LogP contribution in [0.25, 0.3) is 11.3 Å².